The summed E-state index contributed by atoms with van der Waals surface area (Å²) < 4.78 is 8.03. The Balaban J connectivity index is 1.44. The molecule has 0 N–H and O–H groups in total. The van der Waals surface area contributed by atoms with Gasteiger partial charge in [0.05, 0.1) is 19.2 Å². The van der Waals surface area contributed by atoms with Crippen LogP contribution in [0.5, 0.6) is 5.75 Å². The maximum Gasteiger partial charge on any atom is 0.227 e. The molecule has 0 saturated heterocycles. The number of hydrogen-bond donors (Lipinski definition) is 0. The molecule has 3 aromatic rings. The van der Waals surface area contributed by atoms with Gasteiger partial charge in [-0.05, 0) is 18.6 Å². The van der Waals surface area contributed by atoms with Crippen LogP contribution in [-0.4, -0.2) is 58.3 Å². The third-order valence-electron chi connectivity index (χ3n) is 5.68. The Morgan fingerprint density at radius 3 is 2.58 bits per heavy atom. The highest BCUT2D eigenvalue weighted by Crippen LogP contribution is 2.20. The van der Waals surface area contributed by atoms with Gasteiger partial charge in [0.15, 0.2) is 0 Å². The normalized spacial score (nSPS) is 15.8. The lowest BCUT2D eigenvalue weighted by molar-refractivity contribution is -0.130. The summed E-state index contributed by atoms with van der Waals surface area (Å²) in [6.07, 6.45) is 4.43. The Morgan fingerprint density at radius 2 is 1.74 bits per heavy atom. The van der Waals surface area contributed by atoms with Crippen LogP contribution >= 0.6 is 0 Å². The van der Waals surface area contributed by atoms with Crippen LogP contribution in [0.3, 0.4) is 0 Å². The van der Waals surface area contributed by atoms with Crippen molar-refractivity contribution in [3.05, 3.63) is 83.7 Å². The monoisotopic (exact) mass is 418 g/mol. The number of rotatable bonds is 5. The fourth-order valence-electron chi connectivity index (χ4n) is 3.94. The van der Waals surface area contributed by atoms with Crippen LogP contribution in [0.25, 0.3) is 0 Å². The molecule has 1 aliphatic rings. The summed E-state index contributed by atoms with van der Waals surface area (Å²) >= 11 is 0. The number of fused-ring (bicyclic) bond motifs is 1. The highest BCUT2D eigenvalue weighted by molar-refractivity contribution is 5.79. The minimum Gasteiger partial charge on any atom is -0.492 e. The number of hydrogen-bond acceptors (Lipinski definition) is 4. The van der Waals surface area contributed by atoms with E-state index in [0.717, 1.165) is 44.0 Å². The smallest absolute Gasteiger partial charge is 0.227 e. The van der Waals surface area contributed by atoms with E-state index in [9.17, 15) is 4.79 Å². The number of ether oxygens (including phenoxy) is 1. The van der Waals surface area contributed by atoms with E-state index < -0.39 is 0 Å². The summed E-state index contributed by atoms with van der Waals surface area (Å²) in [7, 11) is 0. The van der Waals surface area contributed by atoms with Crippen molar-refractivity contribution in [2.75, 3.05) is 32.8 Å². The first-order valence-electron chi connectivity index (χ1n) is 11.0. The molecular weight excluding hydrogens is 388 g/mol. The number of benzene rings is 2. The largest absolute Gasteiger partial charge is 0.492 e. The fraction of sp³-hybridized carbons (Fsp3) is 0.360. The van der Waals surface area contributed by atoms with Crippen LogP contribution in [0.1, 0.15) is 23.6 Å². The van der Waals surface area contributed by atoms with Crippen LogP contribution < -0.4 is 4.74 Å². The van der Waals surface area contributed by atoms with E-state index in [1.165, 1.54) is 11.1 Å². The second-order valence-electron chi connectivity index (χ2n) is 7.91. The maximum absolute atomic E-state index is 12.8. The molecule has 0 aliphatic carbocycles. The van der Waals surface area contributed by atoms with Crippen LogP contribution in [0.4, 0.5) is 0 Å². The molecule has 6 nitrogen and oxygen atoms in total. The first-order chi connectivity index (χ1) is 15.2. The number of likely N-dealkylation sites (N-methyl/N-ethyl adjacent to an activating group) is 1. The SMILES string of the molecule is CCN1CCN(Cc2cnn(Cc3ccccc3)c2)CCOc2ccccc2CC1=O. The Hall–Kier alpha value is -3.12. The van der Waals surface area contributed by atoms with Crippen molar-refractivity contribution in [3.63, 3.8) is 0 Å². The van der Waals surface area contributed by atoms with E-state index in [-0.39, 0.29) is 5.91 Å². The van der Waals surface area contributed by atoms with Gasteiger partial charge in [0, 0.05) is 50.0 Å². The summed E-state index contributed by atoms with van der Waals surface area (Å²) in [5.41, 5.74) is 3.36. The van der Waals surface area contributed by atoms with Gasteiger partial charge in [-0.25, -0.2) is 0 Å². The zero-order valence-electron chi connectivity index (χ0n) is 18.1. The molecule has 0 bridgehead atoms. The fourth-order valence-corrected chi connectivity index (χ4v) is 3.94. The molecule has 4 rings (SSSR count). The topological polar surface area (TPSA) is 50.6 Å². The van der Waals surface area contributed by atoms with Gasteiger partial charge in [-0.15, -0.1) is 0 Å². The lowest BCUT2D eigenvalue weighted by Gasteiger charge is -2.26. The predicted molar refractivity (Wildman–Crippen MR) is 121 cm³/mol. The zero-order valence-corrected chi connectivity index (χ0v) is 18.1. The lowest BCUT2D eigenvalue weighted by atomic mass is 10.1. The van der Waals surface area contributed by atoms with E-state index in [4.69, 9.17) is 4.74 Å². The average Bonchev–Trinajstić information content (AvgIpc) is 3.21. The molecule has 0 saturated carbocycles. The van der Waals surface area contributed by atoms with E-state index in [2.05, 4.69) is 28.3 Å². The first-order valence-corrected chi connectivity index (χ1v) is 11.0. The van der Waals surface area contributed by atoms with Gasteiger partial charge >= 0.3 is 0 Å². The third-order valence-corrected chi connectivity index (χ3v) is 5.68. The van der Waals surface area contributed by atoms with Crippen molar-refractivity contribution < 1.29 is 9.53 Å². The van der Waals surface area contributed by atoms with E-state index in [1.807, 2.05) is 65.2 Å². The number of amides is 1. The summed E-state index contributed by atoms with van der Waals surface area (Å²) in [6, 6.07) is 18.2. The Morgan fingerprint density at radius 1 is 0.935 bits per heavy atom. The second-order valence-corrected chi connectivity index (χ2v) is 7.91. The number of carbonyl (C=O) groups is 1. The Kier molecular flexibility index (Phi) is 6.99. The van der Waals surface area contributed by atoms with E-state index in [0.29, 0.717) is 19.6 Å². The molecule has 0 fully saturated rings. The predicted octanol–water partition coefficient (Wildman–Crippen LogP) is 3.22. The van der Waals surface area contributed by atoms with Crippen LogP contribution in [0, 0.1) is 0 Å². The van der Waals surface area contributed by atoms with Crippen molar-refractivity contribution >= 4 is 5.91 Å². The summed E-state index contributed by atoms with van der Waals surface area (Å²) in [5, 5.41) is 4.53. The number of para-hydroxylation sites is 1. The standard InChI is InChI=1S/C25H30N4O2/c1-2-28-13-12-27(14-15-31-24-11-7-6-10-23(24)16-25(28)30)18-22-17-26-29(20-22)19-21-8-4-3-5-9-21/h3-11,17,20H,2,12-16,18-19H2,1H3. The van der Waals surface area contributed by atoms with Gasteiger partial charge in [0.25, 0.3) is 0 Å². The van der Waals surface area contributed by atoms with Crippen LogP contribution in [0.15, 0.2) is 67.0 Å². The van der Waals surface area contributed by atoms with Gasteiger partial charge in [0.1, 0.15) is 12.4 Å². The molecule has 0 atom stereocenters. The average molecular weight is 419 g/mol. The zero-order chi connectivity index (χ0) is 21.5. The Bertz CT molecular complexity index is 986. The minimum absolute atomic E-state index is 0.149. The number of nitrogens with zero attached hydrogens (tertiary/aromatic N) is 4. The van der Waals surface area contributed by atoms with E-state index >= 15 is 0 Å². The molecule has 2 heterocycles. The molecule has 1 aromatic heterocycles. The highest BCUT2D eigenvalue weighted by Gasteiger charge is 2.18. The molecule has 31 heavy (non-hydrogen) atoms. The molecule has 0 unspecified atom stereocenters. The summed E-state index contributed by atoms with van der Waals surface area (Å²) in [6.45, 7) is 7.21. The van der Waals surface area contributed by atoms with E-state index in [1.54, 1.807) is 0 Å². The lowest BCUT2D eigenvalue weighted by Crippen LogP contribution is -2.39. The summed E-state index contributed by atoms with van der Waals surface area (Å²) in [4.78, 5) is 17.1. The van der Waals surface area contributed by atoms with Crippen molar-refractivity contribution in [2.45, 2.75) is 26.4 Å². The minimum atomic E-state index is 0.149. The molecule has 6 heteroatoms. The molecule has 1 aliphatic heterocycles. The van der Waals surface area contributed by atoms with Gasteiger partial charge < -0.3 is 9.64 Å². The van der Waals surface area contributed by atoms with Crippen molar-refractivity contribution in [2.24, 2.45) is 0 Å². The summed E-state index contributed by atoms with van der Waals surface area (Å²) in [5.74, 6) is 0.959. The van der Waals surface area contributed by atoms with Crippen LogP contribution in [-0.2, 0) is 24.3 Å². The maximum atomic E-state index is 12.8. The van der Waals surface area contributed by atoms with Crippen molar-refractivity contribution in [3.8, 4) is 5.75 Å². The molecule has 2 aromatic carbocycles. The molecule has 1 amide bonds. The highest BCUT2D eigenvalue weighted by atomic mass is 16.5. The second kappa shape index (κ2) is 10.3. The molecule has 0 radical (unpaired) electrons. The molecule has 162 valence electrons. The number of aromatic nitrogens is 2. The quantitative estimate of drug-likeness (QED) is 0.638. The first kappa shape index (κ1) is 21.1. The molecular formula is C25H30N4O2. The van der Waals surface area contributed by atoms with Gasteiger partial charge in [-0.2, -0.15) is 5.10 Å². The van der Waals surface area contributed by atoms with Crippen molar-refractivity contribution in [1.82, 2.24) is 19.6 Å². The Labute approximate surface area is 184 Å². The molecule has 0 spiro atoms. The number of carbonyl (C=O) groups excluding carboxylic acids is 1. The third kappa shape index (κ3) is 5.73. The van der Waals surface area contributed by atoms with Gasteiger partial charge in [-0.1, -0.05) is 48.5 Å². The van der Waals surface area contributed by atoms with Crippen molar-refractivity contribution in [1.29, 1.82) is 0 Å². The van der Waals surface area contributed by atoms with Gasteiger partial charge in [-0.3, -0.25) is 14.4 Å². The van der Waals surface area contributed by atoms with Gasteiger partial charge in [0.2, 0.25) is 5.91 Å². The van der Waals surface area contributed by atoms with Crippen LogP contribution in [0.2, 0.25) is 0 Å².